The first-order valence-electron chi connectivity index (χ1n) is 5.67. The lowest BCUT2D eigenvalue weighted by molar-refractivity contribution is 0.0602. The number of esters is 1. The van der Waals surface area contributed by atoms with Crippen LogP contribution in [0.25, 0.3) is 0 Å². The number of hydrogen-bond acceptors (Lipinski definition) is 6. The molecule has 2 aromatic heterocycles. The molecule has 2 heterocycles. The minimum atomic E-state index is -3.73. The molecule has 0 bridgehead atoms. The van der Waals surface area contributed by atoms with Gasteiger partial charge in [0.15, 0.2) is 0 Å². The van der Waals surface area contributed by atoms with Crippen LogP contribution in [0, 0.1) is 0 Å². The van der Waals surface area contributed by atoms with Gasteiger partial charge in [-0.1, -0.05) is 0 Å². The molecule has 7 nitrogen and oxygen atoms in total. The Morgan fingerprint density at radius 1 is 1.55 bits per heavy atom. The minimum Gasteiger partial charge on any atom is -0.465 e. The fourth-order valence-corrected chi connectivity index (χ4v) is 3.93. The van der Waals surface area contributed by atoms with E-state index in [0.717, 1.165) is 17.0 Å². The number of hydrogen-bond donors (Lipinski definition) is 2. The van der Waals surface area contributed by atoms with E-state index < -0.39 is 16.0 Å². The molecule has 2 N–H and O–H groups in total. The van der Waals surface area contributed by atoms with E-state index in [2.05, 4.69) is 19.4 Å². The molecule has 108 valence electrons. The van der Waals surface area contributed by atoms with Crippen molar-refractivity contribution in [2.75, 3.05) is 13.7 Å². The van der Waals surface area contributed by atoms with Crippen LogP contribution in [0.2, 0.25) is 0 Å². The Labute approximate surface area is 120 Å². The average Bonchev–Trinajstić information content (AvgIpc) is 3.08. The number of H-pyrrole nitrogens is 1. The van der Waals surface area contributed by atoms with Crippen LogP contribution in [0.1, 0.15) is 15.4 Å². The zero-order valence-electron chi connectivity index (χ0n) is 10.6. The molecule has 0 saturated carbocycles. The number of thiophene rings is 1. The molecule has 20 heavy (non-hydrogen) atoms. The van der Waals surface area contributed by atoms with Gasteiger partial charge in [-0.2, -0.15) is 0 Å². The quantitative estimate of drug-likeness (QED) is 0.767. The van der Waals surface area contributed by atoms with Gasteiger partial charge in [0.05, 0.1) is 13.4 Å². The molecule has 0 atom stereocenters. The van der Waals surface area contributed by atoms with Crippen molar-refractivity contribution in [3.8, 4) is 0 Å². The number of imidazole rings is 1. The van der Waals surface area contributed by atoms with Crippen molar-refractivity contribution in [1.29, 1.82) is 0 Å². The Morgan fingerprint density at radius 3 is 3.00 bits per heavy atom. The van der Waals surface area contributed by atoms with E-state index >= 15 is 0 Å². The lowest BCUT2D eigenvalue weighted by Gasteiger charge is -2.06. The summed E-state index contributed by atoms with van der Waals surface area (Å²) in [5, 5.41) is 1.54. The first-order chi connectivity index (χ1) is 9.54. The van der Waals surface area contributed by atoms with E-state index in [1.165, 1.54) is 24.9 Å². The molecule has 2 aromatic rings. The lowest BCUT2D eigenvalue weighted by Crippen LogP contribution is -2.27. The van der Waals surface area contributed by atoms with Gasteiger partial charge in [-0.15, -0.1) is 11.3 Å². The zero-order valence-corrected chi connectivity index (χ0v) is 12.3. The third kappa shape index (κ3) is 3.24. The molecule has 0 saturated heterocycles. The lowest BCUT2D eigenvalue weighted by atomic mass is 10.3. The molecular weight excluding hydrogens is 302 g/mol. The Hall–Kier alpha value is -1.71. The van der Waals surface area contributed by atoms with Gasteiger partial charge in [0.25, 0.3) is 0 Å². The number of sulfonamides is 1. The Kier molecular flexibility index (Phi) is 4.53. The number of methoxy groups -OCH3 is 1. The maximum absolute atomic E-state index is 12.1. The van der Waals surface area contributed by atoms with Crippen molar-refractivity contribution >= 4 is 27.3 Å². The van der Waals surface area contributed by atoms with Crippen LogP contribution in [-0.4, -0.2) is 38.0 Å². The van der Waals surface area contributed by atoms with E-state index in [4.69, 9.17) is 0 Å². The molecule has 0 amide bonds. The van der Waals surface area contributed by atoms with E-state index in [-0.39, 0.29) is 16.3 Å². The molecule has 0 unspecified atom stereocenters. The van der Waals surface area contributed by atoms with Crippen LogP contribution in [0.4, 0.5) is 0 Å². The predicted octanol–water partition coefficient (Wildman–Crippen LogP) is 0.779. The topological polar surface area (TPSA) is 101 Å². The summed E-state index contributed by atoms with van der Waals surface area (Å²) >= 11 is 1.03. The molecule has 0 aliphatic heterocycles. The maximum atomic E-state index is 12.1. The molecule has 0 fully saturated rings. The van der Waals surface area contributed by atoms with Gasteiger partial charge in [-0.25, -0.2) is 22.9 Å². The van der Waals surface area contributed by atoms with Gasteiger partial charge < -0.3 is 9.72 Å². The average molecular weight is 315 g/mol. The third-order valence-corrected chi connectivity index (χ3v) is 5.06. The van der Waals surface area contributed by atoms with Crippen LogP contribution in [0.15, 0.2) is 28.9 Å². The van der Waals surface area contributed by atoms with Crippen LogP contribution >= 0.6 is 11.3 Å². The molecule has 0 aromatic carbocycles. The summed E-state index contributed by atoms with van der Waals surface area (Å²) in [4.78, 5) is 18.2. The van der Waals surface area contributed by atoms with Crippen LogP contribution in [0.3, 0.4) is 0 Å². The first kappa shape index (κ1) is 14.7. The van der Waals surface area contributed by atoms with Gasteiger partial charge >= 0.3 is 5.97 Å². The number of aromatic nitrogens is 2. The third-order valence-electron chi connectivity index (χ3n) is 2.53. The zero-order chi connectivity index (χ0) is 14.6. The molecule has 2 rings (SSSR count). The van der Waals surface area contributed by atoms with E-state index in [1.54, 1.807) is 6.20 Å². The summed E-state index contributed by atoms with van der Waals surface area (Å²) < 4.78 is 31.3. The van der Waals surface area contributed by atoms with Crippen molar-refractivity contribution in [3.05, 3.63) is 34.5 Å². The highest BCUT2D eigenvalue weighted by Crippen LogP contribution is 2.22. The van der Waals surface area contributed by atoms with Gasteiger partial charge in [-0.05, 0) is 11.4 Å². The SMILES string of the molecule is COC(=O)c1sccc1S(=O)(=O)NCCc1cnc[nH]1. The van der Waals surface area contributed by atoms with Crippen molar-refractivity contribution in [1.82, 2.24) is 14.7 Å². The van der Waals surface area contributed by atoms with Gasteiger partial charge in [-0.3, -0.25) is 0 Å². The minimum absolute atomic E-state index is 0.0565. The summed E-state index contributed by atoms with van der Waals surface area (Å²) in [6.45, 7) is 0.209. The normalized spacial score (nSPS) is 11.4. The van der Waals surface area contributed by atoms with Crippen molar-refractivity contribution in [3.63, 3.8) is 0 Å². The van der Waals surface area contributed by atoms with Gasteiger partial charge in [0, 0.05) is 24.9 Å². The van der Waals surface area contributed by atoms with Crippen molar-refractivity contribution in [2.45, 2.75) is 11.3 Å². The Balaban J connectivity index is 2.07. The predicted molar refractivity (Wildman–Crippen MR) is 73.1 cm³/mol. The summed E-state index contributed by atoms with van der Waals surface area (Å²) in [5.41, 5.74) is 0.825. The summed E-state index contributed by atoms with van der Waals surface area (Å²) in [5.74, 6) is -0.658. The molecule has 0 spiro atoms. The molecule has 0 aliphatic carbocycles. The first-order valence-corrected chi connectivity index (χ1v) is 8.03. The van der Waals surface area contributed by atoms with Crippen LogP contribution in [-0.2, 0) is 21.2 Å². The Morgan fingerprint density at radius 2 is 2.35 bits per heavy atom. The highest BCUT2D eigenvalue weighted by atomic mass is 32.2. The second-order valence-corrected chi connectivity index (χ2v) is 6.48. The van der Waals surface area contributed by atoms with E-state index in [9.17, 15) is 13.2 Å². The summed E-state index contributed by atoms with van der Waals surface area (Å²) in [7, 11) is -2.52. The number of rotatable bonds is 6. The van der Waals surface area contributed by atoms with Gasteiger partial charge in [0.2, 0.25) is 10.0 Å². The van der Waals surface area contributed by atoms with E-state index in [0.29, 0.717) is 6.42 Å². The van der Waals surface area contributed by atoms with Gasteiger partial charge in [0.1, 0.15) is 9.77 Å². The number of nitrogens with one attached hydrogen (secondary N) is 2. The summed E-state index contributed by atoms with van der Waals surface area (Å²) in [6, 6.07) is 1.38. The fourth-order valence-electron chi connectivity index (χ4n) is 1.57. The number of carbonyl (C=O) groups is 1. The number of aromatic amines is 1. The van der Waals surface area contributed by atoms with Crippen LogP contribution < -0.4 is 4.72 Å². The van der Waals surface area contributed by atoms with E-state index in [1.807, 2.05) is 0 Å². The molecule has 9 heteroatoms. The highest BCUT2D eigenvalue weighted by molar-refractivity contribution is 7.89. The molecular formula is C11H13N3O4S2. The number of ether oxygens (including phenoxy) is 1. The van der Waals surface area contributed by atoms with Crippen molar-refractivity contribution < 1.29 is 17.9 Å². The van der Waals surface area contributed by atoms with Crippen molar-refractivity contribution in [2.24, 2.45) is 0 Å². The Bertz CT molecular complexity index is 676. The van der Waals surface area contributed by atoms with Crippen LogP contribution in [0.5, 0.6) is 0 Å². The molecule has 0 aliphatic rings. The highest BCUT2D eigenvalue weighted by Gasteiger charge is 2.24. The fraction of sp³-hybridized carbons (Fsp3) is 0.273. The number of nitrogens with zero attached hydrogens (tertiary/aromatic N) is 1. The standard InChI is InChI=1S/C11H13N3O4S2/c1-18-11(15)10-9(3-5-19-10)20(16,17)14-4-2-8-6-12-7-13-8/h3,5-7,14H,2,4H2,1H3,(H,12,13). The largest absolute Gasteiger partial charge is 0.465 e. The second-order valence-electron chi connectivity index (χ2n) is 3.83. The summed E-state index contributed by atoms with van der Waals surface area (Å²) in [6.07, 6.45) is 3.63. The number of carbonyl (C=O) groups excluding carboxylic acids is 1. The maximum Gasteiger partial charge on any atom is 0.349 e. The second kappa shape index (κ2) is 6.16. The monoisotopic (exact) mass is 315 g/mol. The smallest absolute Gasteiger partial charge is 0.349 e. The molecule has 0 radical (unpaired) electrons.